The summed E-state index contributed by atoms with van der Waals surface area (Å²) >= 11 is 0. The number of hydrogen-bond donors (Lipinski definition) is 1. The van der Waals surface area contributed by atoms with Gasteiger partial charge < -0.3 is 28.8 Å². The zero-order chi connectivity index (χ0) is 30.9. The third-order valence-corrected chi connectivity index (χ3v) is 7.50. The molecule has 1 heterocycles. The van der Waals surface area contributed by atoms with E-state index in [1.807, 2.05) is 121 Å². The van der Waals surface area contributed by atoms with E-state index < -0.39 is 48.2 Å². The van der Waals surface area contributed by atoms with E-state index in [2.05, 4.69) is 0 Å². The lowest BCUT2D eigenvalue weighted by molar-refractivity contribution is -0.305. The summed E-state index contributed by atoms with van der Waals surface area (Å²) in [5.74, 6) is -1.23. The summed E-state index contributed by atoms with van der Waals surface area (Å²) in [7, 11) is 0. The van der Waals surface area contributed by atoms with Crippen molar-refractivity contribution >= 4 is 11.9 Å². The molecule has 5 atom stereocenters. The average Bonchev–Trinajstić information content (AvgIpc) is 3.04. The molecule has 0 radical (unpaired) electrons. The van der Waals surface area contributed by atoms with Gasteiger partial charge in [-0.25, -0.2) is 0 Å². The fourth-order valence-corrected chi connectivity index (χ4v) is 5.61. The van der Waals surface area contributed by atoms with Crippen molar-refractivity contribution in [3.05, 3.63) is 144 Å². The second-order valence-electron chi connectivity index (χ2n) is 10.6. The lowest BCUT2D eigenvalue weighted by atomic mass is 9.80. The minimum absolute atomic E-state index is 0.114. The molecule has 0 spiro atoms. The summed E-state index contributed by atoms with van der Waals surface area (Å²) in [6, 6.07) is 38.8. The summed E-state index contributed by atoms with van der Waals surface area (Å²) in [4.78, 5) is 24.4. The number of esters is 2. The molecule has 1 saturated heterocycles. The van der Waals surface area contributed by atoms with Gasteiger partial charge in [0.1, 0.15) is 17.8 Å². The number of carbonyl (C=O) groups excluding carboxylic acids is 2. The fourth-order valence-electron chi connectivity index (χ4n) is 5.61. The van der Waals surface area contributed by atoms with Crippen LogP contribution >= 0.6 is 0 Å². The number of ether oxygens (including phenoxy) is 5. The van der Waals surface area contributed by atoms with Crippen molar-refractivity contribution in [3.8, 4) is 0 Å². The van der Waals surface area contributed by atoms with Crippen LogP contribution in [0, 0.1) is 0 Å². The van der Waals surface area contributed by atoms with Crippen molar-refractivity contribution in [2.24, 2.45) is 0 Å². The number of benzene rings is 4. The Morgan fingerprint density at radius 1 is 0.659 bits per heavy atom. The van der Waals surface area contributed by atoms with E-state index in [0.29, 0.717) is 0 Å². The monoisotopic (exact) mass is 596 g/mol. The van der Waals surface area contributed by atoms with Gasteiger partial charge in [0.15, 0.2) is 18.5 Å². The van der Waals surface area contributed by atoms with E-state index in [0.717, 1.165) is 22.3 Å². The van der Waals surface area contributed by atoms with Crippen molar-refractivity contribution in [1.82, 2.24) is 0 Å². The molecule has 44 heavy (non-hydrogen) atoms. The molecule has 1 aliphatic rings. The van der Waals surface area contributed by atoms with Crippen LogP contribution in [0.1, 0.15) is 36.1 Å². The molecule has 228 valence electrons. The lowest BCUT2D eigenvalue weighted by Gasteiger charge is -2.44. The summed E-state index contributed by atoms with van der Waals surface area (Å²) in [5, 5.41) is 11.1. The van der Waals surface area contributed by atoms with Gasteiger partial charge in [0.2, 0.25) is 0 Å². The Morgan fingerprint density at radius 3 is 1.55 bits per heavy atom. The molecule has 1 fully saturated rings. The van der Waals surface area contributed by atoms with Gasteiger partial charge in [0, 0.05) is 13.8 Å². The van der Waals surface area contributed by atoms with E-state index in [-0.39, 0.29) is 13.2 Å². The van der Waals surface area contributed by atoms with Gasteiger partial charge in [-0.05, 0) is 22.3 Å². The van der Waals surface area contributed by atoms with Crippen molar-refractivity contribution in [2.45, 2.75) is 56.8 Å². The van der Waals surface area contributed by atoms with Crippen LogP contribution in [0.25, 0.3) is 0 Å². The largest absolute Gasteiger partial charge is 0.457 e. The first-order valence-electron chi connectivity index (χ1n) is 14.5. The Balaban J connectivity index is 1.54. The lowest BCUT2D eigenvalue weighted by Crippen LogP contribution is -2.62. The Bertz CT molecular complexity index is 1380. The molecule has 4 aromatic rings. The van der Waals surface area contributed by atoms with Gasteiger partial charge >= 0.3 is 11.9 Å². The van der Waals surface area contributed by atoms with Crippen LogP contribution in [0.5, 0.6) is 0 Å². The first-order valence-corrected chi connectivity index (χ1v) is 14.5. The fraction of sp³-hybridized carbons (Fsp3) is 0.278. The third kappa shape index (κ3) is 7.06. The average molecular weight is 597 g/mol. The standard InChI is InChI=1S/C36H36O8/c1-25(37)42-32-31(44-35(39)34(43-26(2)38)33(32)40-23-27-15-7-3-8-16-27)24-41-36(28-17-9-4-10-18-28,29-19-11-5-12-20-29)30-21-13-6-14-22-30/h3-22,31-35,39H,23-24H2,1-2H3/t31-,32-,33+,34-,35+/m1/s1. The maximum Gasteiger partial charge on any atom is 0.303 e. The third-order valence-electron chi connectivity index (χ3n) is 7.50. The van der Waals surface area contributed by atoms with Crippen LogP contribution in [-0.4, -0.2) is 54.4 Å². The van der Waals surface area contributed by atoms with Gasteiger partial charge in [-0.1, -0.05) is 121 Å². The molecular weight excluding hydrogens is 560 g/mol. The number of aliphatic hydroxyl groups excluding tert-OH is 1. The summed E-state index contributed by atoms with van der Waals surface area (Å²) in [6.07, 6.45) is -5.94. The van der Waals surface area contributed by atoms with Crippen LogP contribution in [-0.2, 0) is 45.5 Å². The molecule has 8 heteroatoms. The predicted molar refractivity (Wildman–Crippen MR) is 162 cm³/mol. The predicted octanol–water partition coefficient (Wildman–Crippen LogP) is 5.16. The second-order valence-corrected chi connectivity index (χ2v) is 10.6. The van der Waals surface area contributed by atoms with E-state index >= 15 is 0 Å². The summed E-state index contributed by atoms with van der Waals surface area (Å²) in [6.45, 7) is 2.50. The molecule has 5 rings (SSSR count). The van der Waals surface area contributed by atoms with E-state index in [1.165, 1.54) is 13.8 Å². The van der Waals surface area contributed by atoms with Crippen molar-refractivity contribution in [1.29, 1.82) is 0 Å². The highest BCUT2D eigenvalue weighted by Gasteiger charge is 2.51. The number of aliphatic hydroxyl groups is 1. The van der Waals surface area contributed by atoms with Crippen LogP contribution < -0.4 is 0 Å². The molecule has 1 aliphatic heterocycles. The molecule has 0 bridgehead atoms. The first kappa shape index (κ1) is 31.1. The topological polar surface area (TPSA) is 101 Å². The molecule has 0 aromatic heterocycles. The Hall–Kier alpha value is -4.34. The van der Waals surface area contributed by atoms with Gasteiger partial charge in [0.25, 0.3) is 0 Å². The Labute approximate surface area is 257 Å². The molecule has 0 unspecified atom stereocenters. The first-order chi connectivity index (χ1) is 21.4. The number of hydrogen-bond acceptors (Lipinski definition) is 8. The SMILES string of the molecule is CC(=O)O[C@@H]1[C@@H](OCc2ccccc2)[C@H](OC(C)=O)[C@@H](COC(c2ccccc2)(c2ccccc2)c2ccccc2)O[C@@H]1O. The molecule has 0 saturated carbocycles. The van der Waals surface area contributed by atoms with Crippen LogP contribution in [0.3, 0.4) is 0 Å². The quantitative estimate of drug-likeness (QED) is 0.187. The molecule has 0 aliphatic carbocycles. The summed E-state index contributed by atoms with van der Waals surface area (Å²) in [5.41, 5.74) is 2.36. The van der Waals surface area contributed by atoms with E-state index in [4.69, 9.17) is 23.7 Å². The smallest absolute Gasteiger partial charge is 0.303 e. The molecular formula is C36H36O8. The summed E-state index contributed by atoms with van der Waals surface area (Å²) < 4.78 is 30.4. The van der Waals surface area contributed by atoms with E-state index in [9.17, 15) is 14.7 Å². The van der Waals surface area contributed by atoms with Gasteiger partial charge in [-0.15, -0.1) is 0 Å². The maximum absolute atomic E-state index is 12.4. The number of rotatable bonds is 11. The Kier molecular flexibility index (Phi) is 10.2. The van der Waals surface area contributed by atoms with E-state index in [1.54, 1.807) is 0 Å². The maximum atomic E-state index is 12.4. The van der Waals surface area contributed by atoms with Crippen molar-refractivity contribution < 1.29 is 38.4 Å². The minimum atomic E-state index is -1.57. The van der Waals surface area contributed by atoms with Gasteiger partial charge in [0.05, 0.1) is 13.2 Å². The van der Waals surface area contributed by atoms with Crippen molar-refractivity contribution in [3.63, 3.8) is 0 Å². The Morgan fingerprint density at radius 2 is 1.09 bits per heavy atom. The highest BCUT2D eigenvalue weighted by Crippen LogP contribution is 2.41. The zero-order valence-corrected chi connectivity index (χ0v) is 24.7. The molecule has 1 N–H and O–H groups in total. The highest BCUT2D eigenvalue weighted by atomic mass is 16.7. The van der Waals surface area contributed by atoms with Gasteiger partial charge in [-0.2, -0.15) is 0 Å². The number of carbonyl (C=O) groups is 2. The second kappa shape index (κ2) is 14.4. The van der Waals surface area contributed by atoms with Crippen LogP contribution in [0.2, 0.25) is 0 Å². The van der Waals surface area contributed by atoms with Gasteiger partial charge in [-0.3, -0.25) is 9.59 Å². The molecule has 8 nitrogen and oxygen atoms in total. The molecule has 4 aromatic carbocycles. The minimum Gasteiger partial charge on any atom is -0.457 e. The van der Waals surface area contributed by atoms with Crippen molar-refractivity contribution in [2.75, 3.05) is 6.61 Å². The van der Waals surface area contributed by atoms with Crippen LogP contribution in [0.4, 0.5) is 0 Å². The van der Waals surface area contributed by atoms with Crippen LogP contribution in [0.15, 0.2) is 121 Å². The molecule has 0 amide bonds. The normalized spacial score (nSPS) is 21.8. The highest BCUT2D eigenvalue weighted by molar-refractivity contribution is 5.67. The zero-order valence-electron chi connectivity index (χ0n) is 24.7.